The van der Waals surface area contributed by atoms with Gasteiger partial charge in [0.05, 0.1) is 0 Å². The van der Waals surface area contributed by atoms with Gasteiger partial charge in [-0.05, 0) is 67.4 Å². The third-order valence-electron chi connectivity index (χ3n) is 5.48. The van der Waals surface area contributed by atoms with Crippen LogP contribution in [-0.4, -0.2) is 6.04 Å². The van der Waals surface area contributed by atoms with Crippen LogP contribution in [0.15, 0.2) is 24.3 Å². The van der Waals surface area contributed by atoms with Crippen molar-refractivity contribution in [2.75, 3.05) is 0 Å². The molecule has 1 aromatic carbocycles. The summed E-state index contributed by atoms with van der Waals surface area (Å²) in [6.07, 6.45) is 6.36. The van der Waals surface area contributed by atoms with Gasteiger partial charge >= 0.3 is 0 Å². The zero-order chi connectivity index (χ0) is 15.5. The first-order chi connectivity index (χ1) is 9.91. The highest BCUT2D eigenvalue weighted by Crippen LogP contribution is 2.41. The molecule has 1 aromatic rings. The monoisotopic (exact) mass is 288 g/mol. The van der Waals surface area contributed by atoms with Crippen molar-refractivity contribution in [2.45, 2.75) is 65.8 Å². The zero-order valence-electron chi connectivity index (χ0n) is 14.2. The number of nitrogens with one attached hydrogen (secondary N) is 1. The molecule has 1 fully saturated rings. The number of hydrogen-bond donors (Lipinski definition) is 2. The number of aryl methyl sites for hydroxylation is 1. The van der Waals surface area contributed by atoms with Gasteiger partial charge in [0.15, 0.2) is 0 Å². The summed E-state index contributed by atoms with van der Waals surface area (Å²) in [7, 11) is 0. The van der Waals surface area contributed by atoms with Crippen LogP contribution in [0.25, 0.3) is 0 Å². The van der Waals surface area contributed by atoms with Gasteiger partial charge in [-0.25, -0.2) is 0 Å². The molecule has 0 aromatic heterocycles. The van der Waals surface area contributed by atoms with Crippen molar-refractivity contribution in [1.82, 2.24) is 5.43 Å². The minimum absolute atomic E-state index is 0.409. The first-order valence-electron chi connectivity index (χ1n) is 8.42. The molecule has 0 heterocycles. The molecule has 0 saturated heterocycles. The largest absolute Gasteiger partial charge is 0.271 e. The summed E-state index contributed by atoms with van der Waals surface area (Å²) in [5, 5.41) is 0. The van der Waals surface area contributed by atoms with Crippen molar-refractivity contribution >= 4 is 0 Å². The molecule has 0 radical (unpaired) electrons. The second kappa shape index (κ2) is 6.93. The van der Waals surface area contributed by atoms with Crippen LogP contribution in [0.5, 0.6) is 0 Å². The van der Waals surface area contributed by atoms with Gasteiger partial charge in [0.1, 0.15) is 0 Å². The van der Waals surface area contributed by atoms with Gasteiger partial charge in [0, 0.05) is 6.04 Å². The second-order valence-corrected chi connectivity index (χ2v) is 7.88. The predicted octanol–water partition coefficient (Wildman–Crippen LogP) is 4.22. The van der Waals surface area contributed by atoms with Crippen LogP contribution in [0.4, 0.5) is 0 Å². The van der Waals surface area contributed by atoms with Crippen LogP contribution < -0.4 is 11.3 Å². The predicted molar refractivity (Wildman–Crippen MR) is 90.9 cm³/mol. The summed E-state index contributed by atoms with van der Waals surface area (Å²) >= 11 is 0. The lowest BCUT2D eigenvalue weighted by atomic mass is 9.68. The Morgan fingerprint density at radius 2 is 1.76 bits per heavy atom. The molecule has 1 unspecified atom stereocenters. The Hall–Kier alpha value is -0.860. The van der Waals surface area contributed by atoms with Crippen molar-refractivity contribution in [3.8, 4) is 0 Å². The molecule has 0 bridgehead atoms. The van der Waals surface area contributed by atoms with Gasteiger partial charge in [0.25, 0.3) is 0 Å². The van der Waals surface area contributed by atoms with E-state index in [0.29, 0.717) is 17.4 Å². The highest BCUT2D eigenvalue weighted by atomic mass is 15.2. The van der Waals surface area contributed by atoms with E-state index in [-0.39, 0.29) is 0 Å². The minimum atomic E-state index is 0.409. The average Bonchev–Trinajstić information content (AvgIpc) is 2.46. The van der Waals surface area contributed by atoms with E-state index in [1.54, 1.807) is 0 Å². The van der Waals surface area contributed by atoms with Gasteiger partial charge in [-0.15, -0.1) is 0 Å². The maximum Gasteiger partial charge on any atom is 0.0279 e. The van der Waals surface area contributed by atoms with Crippen LogP contribution in [0, 0.1) is 24.2 Å². The fraction of sp³-hybridized carbons (Fsp3) is 0.684. The topological polar surface area (TPSA) is 38.0 Å². The van der Waals surface area contributed by atoms with Crippen molar-refractivity contribution in [3.63, 3.8) is 0 Å². The first kappa shape index (κ1) is 16.5. The summed E-state index contributed by atoms with van der Waals surface area (Å²) in [6.45, 7) is 9.33. The number of nitrogens with two attached hydrogens (primary N) is 1. The first-order valence-corrected chi connectivity index (χ1v) is 8.42. The van der Waals surface area contributed by atoms with E-state index in [1.165, 1.54) is 36.8 Å². The van der Waals surface area contributed by atoms with Crippen LogP contribution in [0.1, 0.15) is 57.6 Å². The van der Waals surface area contributed by atoms with Crippen LogP contribution in [0.2, 0.25) is 0 Å². The van der Waals surface area contributed by atoms with E-state index in [4.69, 9.17) is 5.84 Å². The molecule has 2 heteroatoms. The highest BCUT2D eigenvalue weighted by molar-refractivity contribution is 5.26. The van der Waals surface area contributed by atoms with E-state index in [2.05, 4.69) is 57.4 Å². The molecule has 21 heavy (non-hydrogen) atoms. The van der Waals surface area contributed by atoms with Gasteiger partial charge in [0.2, 0.25) is 0 Å². The molecule has 0 spiro atoms. The summed E-state index contributed by atoms with van der Waals surface area (Å²) in [4.78, 5) is 0. The Bertz CT molecular complexity index is 439. The Kier molecular flexibility index (Phi) is 5.45. The van der Waals surface area contributed by atoms with Crippen molar-refractivity contribution in [3.05, 3.63) is 35.4 Å². The van der Waals surface area contributed by atoms with E-state index in [9.17, 15) is 0 Å². The summed E-state index contributed by atoms with van der Waals surface area (Å²) in [6, 6.07) is 9.08. The van der Waals surface area contributed by atoms with Gasteiger partial charge in [-0.1, -0.05) is 45.0 Å². The standard InChI is InChI=1S/C19H32N2/c1-14-7-5-6-8-16(14)13-18(21-20)15-9-11-17(12-10-15)19(2,3)4/h5-8,15,17-18,21H,9-13,20H2,1-4H3. The molecule has 2 nitrogen and oxygen atoms in total. The normalized spacial score (nSPS) is 24.8. The number of rotatable bonds is 4. The van der Waals surface area contributed by atoms with Gasteiger partial charge in [-0.2, -0.15) is 0 Å². The van der Waals surface area contributed by atoms with Crippen molar-refractivity contribution in [1.29, 1.82) is 0 Å². The lowest BCUT2D eigenvalue weighted by molar-refractivity contribution is 0.132. The Balaban J connectivity index is 1.96. The maximum atomic E-state index is 5.87. The Labute approximate surface area is 130 Å². The molecular formula is C19H32N2. The van der Waals surface area contributed by atoms with E-state index < -0.39 is 0 Å². The number of benzene rings is 1. The SMILES string of the molecule is Cc1ccccc1CC(NN)C1CCC(C(C)(C)C)CC1. The molecule has 1 aliphatic carbocycles. The van der Waals surface area contributed by atoms with E-state index in [1.807, 2.05) is 0 Å². The quantitative estimate of drug-likeness (QED) is 0.643. The van der Waals surface area contributed by atoms with Crippen LogP contribution >= 0.6 is 0 Å². The van der Waals surface area contributed by atoms with Crippen LogP contribution in [0.3, 0.4) is 0 Å². The minimum Gasteiger partial charge on any atom is -0.271 e. The van der Waals surface area contributed by atoms with E-state index >= 15 is 0 Å². The molecule has 0 aliphatic heterocycles. The summed E-state index contributed by atoms with van der Waals surface area (Å²) in [5.74, 6) is 7.45. The number of hydrazine groups is 1. The van der Waals surface area contributed by atoms with Crippen LogP contribution in [-0.2, 0) is 6.42 Å². The zero-order valence-corrected chi connectivity index (χ0v) is 14.2. The molecule has 1 atom stereocenters. The number of hydrogen-bond acceptors (Lipinski definition) is 2. The van der Waals surface area contributed by atoms with Gasteiger partial charge < -0.3 is 0 Å². The Morgan fingerprint density at radius 3 is 2.29 bits per heavy atom. The molecule has 2 rings (SSSR count). The third kappa shape index (κ3) is 4.31. The van der Waals surface area contributed by atoms with Crippen molar-refractivity contribution < 1.29 is 0 Å². The van der Waals surface area contributed by atoms with E-state index in [0.717, 1.165) is 12.3 Å². The lowest BCUT2D eigenvalue weighted by Gasteiger charge is -2.39. The smallest absolute Gasteiger partial charge is 0.0279 e. The molecule has 0 amide bonds. The summed E-state index contributed by atoms with van der Waals surface area (Å²) < 4.78 is 0. The fourth-order valence-corrected chi connectivity index (χ4v) is 3.83. The van der Waals surface area contributed by atoms with Gasteiger partial charge in [-0.3, -0.25) is 11.3 Å². The molecule has 1 saturated carbocycles. The van der Waals surface area contributed by atoms with Crippen molar-refractivity contribution in [2.24, 2.45) is 23.1 Å². The molecule has 3 N–H and O–H groups in total. The Morgan fingerprint density at radius 1 is 1.14 bits per heavy atom. The maximum absolute atomic E-state index is 5.87. The highest BCUT2D eigenvalue weighted by Gasteiger charge is 2.32. The molecule has 1 aliphatic rings. The lowest BCUT2D eigenvalue weighted by Crippen LogP contribution is -2.44. The summed E-state index contributed by atoms with van der Waals surface area (Å²) in [5.41, 5.74) is 6.36. The fourth-order valence-electron chi connectivity index (χ4n) is 3.83. The third-order valence-corrected chi connectivity index (χ3v) is 5.48. The average molecular weight is 288 g/mol. The molecule has 118 valence electrons. The molecular weight excluding hydrogens is 256 g/mol. The second-order valence-electron chi connectivity index (χ2n) is 7.88.